The highest BCUT2D eigenvalue weighted by Crippen LogP contribution is 2.24. The molecule has 0 spiro atoms. The lowest BCUT2D eigenvalue weighted by molar-refractivity contribution is 0.489. The van der Waals surface area contributed by atoms with Crippen molar-refractivity contribution < 1.29 is 4.42 Å². The number of benzene rings is 1. The van der Waals surface area contributed by atoms with Crippen LogP contribution in [0, 0.1) is 27.7 Å². The molecule has 0 bridgehead atoms. The van der Waals surface area contributed by atoms with E-state index in [1.165, 1.54) is 17.3 Å². The Bertz CT molecular complexity index is 789. The maximum atomic E-state index is 5.59. The SMILES string of the molecule is Cc1ccc(C)c(-n2nnnc2SCc2nc(C)c(C)o2)c1. The quantitative estimate of drug-likeness (QED) is 0.689. The van der Waals surface area contributed by atoms with Crippen LogP contribution in [0.3, 0.4) is 0 Å². The number of rotatable bonds is 4. The second kappa shape index (κ2) is 5.92. The molecule has 0 aliphatic heterocycles. The molecule has 7 heteroatoms. The Morgan fingerprint density at radius 3 is 2.73 bits per heavy atom. The van der Waals surface area contributed by atoms with Gasteiger partial charge < -0.3 is 4.42 Å². The first kappa shape index (κ1) is 14.8. The van der Waals surface area contributed by atoms with Crippen molar-refractivity contribution in [2.75, 3.05) is 0 Å². The average molecular weight is 315 g/mol. The minimum Gasteiger partial charge on any atom is -0.445 e. The minimum atomic E-state index is 0.597. The summed E-state index contributed by atoms with van der Waals surface area (Å²) in [5, 5.41) is 12.7. The van der Waals surface area contributed by atoms with Crippen molar-refractivity contribution in [3.05, 3.63) is 46.7 Å². The van der Waals surface area contributed by atoms with Crippen LogP contribution in [0.4, 0.5) is 0 Å². The molecule has 0 saturated heterocycles. The van der Waals surface area contributed by atoms with Gasteiger partial charge in [-0.05, 0) is 55.3 Å². The van der Waals surface area contributed by atoms with Crippen LogP contribution in [-0.2, 0) is 5.75 Å². The Balaban J connectivity index is 1.84. The fraction of sp³-hybridized carbons (Fsp3) is 0.333. The molecule has 114 valence electrons. The van der Waals surface area contributed by atoms with E-state index < -0.39 is 0 Å². The second-order valence-electron chi connectivity index (χ2n) is 5.20. The molecule has 0 saturated carbocycles. The number of nitrogens with zero attached hydrogens (tertiary/aromatic N) is 5. The number of aromatic nitrogens is 5. The topological polar surface area (TPSA) is 69.6 Å². The van der Waals surface area contributed by atoms with Gasteiger partial charge in [0.2, 0.25) is 11.0 Å². The second-order valence-corrected chi connectivity index (χ2v) is 6.14. The summed E-state index contributed by atoms with van der Waals surface area (Å²) in [7, 11) is 0. The zero-order chi connectivity index (χ0) is 15.7. The maximum absolute atomic E-state index is 5.59. The van der Waals surface area contributed by atoms with E-state index in [1.54, 1.807) is 4.68 Å². The van der Waals surface area contributed by atoms with E-state index in [9.17, 15) is 0 Å². The van der Waals surface area contributed by atoms with Crippen LogP contribution in [-0.4, -0.2) is 25.2 Å². The van der Waals surface area contributed by atoms with E-state index in [2.05, 4.69) is 45.6 Å². The van der Waals surface area contributed by atoms with Gasteiger partial charge in [0.1, 0.15) is 5.76 Å². The number of tetrazole rings is 1. The standard InChI is InChI=1S/C15H17N5OS/c1-9-5-6-10(2)13(7-9)20-15(17-18-19-20)22-8-14-16-11(3)12(4)21-14/h5-7H,8H2,1-4H3. The number of thioether (sulfide) groups is 1. The molecule has 0 N–H and O–H groups in total. The normalized spacial score (nSPS) is 11.1. The summed E-state index contributed by atoms with van der Waals surface area (Å²) in [5.74, 6) is 2.14. The molecular formula is C15H17N5OS. The number of hydrogen-bond donors (Lipinski definition) is 0. The van der Waals surface area contributed by atoms with Crippen LogP contribution >= 0.6 is 11.8 Å². The molecule has 0 fully saturated rings. The van der Waals surface area contributed by atoms with E-state index >= 15 is 0 Å². The van der Waals surface area contributed by atoms with Gasteiger partial charge in [-0.2, -0.15) is 4.68 Å². The third kappa shape index (κ3) is 2.89. The molecule has 0 aliphatic carbocycles. The van der Waals surface area contributed by atoms with Crippen molar-refractivity contribution in [3.63, 3.8) is 0 Å². The van der Waals surface area contributed by atoms with Crippen LogP contribution in [0.15, 0.2) is 27.8 Å². The van der Waals surface area contributed by atoms with Gasteiger partial charge in [-0.1, -0.05) is 23.9 Å². The van der Waals surface area contributed by atoms with Crippen molar-refractivity contribution >= 4 is 11.8 Å². The Morgan fingerprint density at radius 2 is 2.00 bits per heavy atom. The summed E-state index contributed by atoms with van der Waals surface area (Å²) in [5.41, 5.74) is 4.21. The summed E-state index contributed by atoms with van der Waals surface area (Å²) in [6.45, 7) is 7.95. The van der Waals surface area contributed by atoms with Crippen LogP contribution in [0.5, 0.6) is 0 Å². The summed E-state index contributed by atoms with van der Waals surface area (Å²) >= 11 is 1.51. The van der Waals surface area contributed by atoms with Crippen LogP contribution < -0.4 is 0 Å². The Morgan fingerprint density at radius 1 is 1.18 bits per heavy atom. The van der Waals surface area contributed by atoms with E-state index in [4.69, 9.17) is 4.42 Å². The molecule has 0 radical (unpaired) electrons. The van der Waals surface area contributed by atoms with Gasteiger partial charge in [-0.15, -0.1) is 5.10 Å². The highest BCUT2D eigenvalue weighted by molar-refractivity contribution is 7.98. The zero-order valence-electron chi connectivity index (χ0n) is 13.0. The number of hydrogen-bond acceptors (Lipinski definition) is 6. The van der Waals surface area contributed by atoms with Crippen LogP contribution in [0.2, 0.25) is 0 Å². The summed E-state index contributed by atoms with van der Waals surface area (Å²) in [4.78, 5) is 4.38. The zero-order valence-corrected chi connectivity index (χ0v) is 13.8. The lowest BCUT2D eigenvalue weighted by Gasteiger charge is -2.07. The molecular weight excluding hydrogens is 298 g/mol. The highest BCUT2D eigenvalue weighted by Gasteiger charge is 2.13. The van der Waals surface area contributed by atoms with Gasteiger partial charge in [0.15, 0.2) is 0 Å². The van der Waals surface area contributed by atoms with E-state index in [0.29, 0.717) is 11.6 Å². The van der Waals surface area contributed by atoms with Gasteiger partial charge in [-0.3, -0.25) is 0 Å². The fourth-order valence-electron chi connectivity index (χ4n) is 2.09. The fourth-order valence-corrected chi connectivity index (χ4v) is 2.82. The molecule has 0 unspecified atom stereocenters. The third-order valence-corrected chi connectivity index (χ3v) is 4.34. The molecule has 2 aromatic heterocycles. The highest BCUT2D eigenvalue weighted by atomic mass is 32.2. The average Bonchev–Trinajstić information content (AvgIpc) is 3.06. The Kier molecular flexibility index (Phi) is 3.98. The predicted octanol–water partition coefficient (Wildman–Crippen LogP) is 3.18. The maximum Gasteiger partial charge on any atom is 0.214 e. The molecule has 1 aromatic carbocycles. The first-order valence-electron chi connectivity index (χ1n) is 6.96. The molecule has 3 rings (SSSR count). The molecule has 22 heavy (non-hydrogen) atoms. The lowest BCUT2D eigenvalue weighted by atomic mass is 10.1. The van der Waals surface area contributed by atoms with Gasteiger partial charge >= 0.3 is 0 Å². The first-order valence-corrected chi connectivity index (χ1v) is 7.95. The first-order chi connectivity index (χ1) is 10.5. The Labute approximate surface area is 132 Å². The van der Waals surface area contributed by atoms with Gasteiger partial charge in [0.05, 0.1) is 17.1 Å². The predicted molar refractivity (Wildman–Crippen MR) is 84.2 cm³/mol. The largest absolute Gasteiger partial charge is 0.445 e. The van der Waals surface area contributed by atoms with Gasteiger partial charge in [-0.25, -0.2) is 4.98 Å². The summed E-state index contributed by atoms with van der Waals surface area (Å²) in [6, 6.07) is 6.23. The smallest absolute Gasteiger partial charge is 0.214 e. The van der Waals surface area contributed by atoms with Crippen LogP contribution in [0.1, 0.15) is 28.5 Å². The van der Waals surface area contributed by atoms with Gasteiger partial charge in [0.25, 0.3) is 0 Å². The molecule has 0 amide bonds. The monoisotopic (exact) mass is 315 g/mol. The Hall–Kier alpha value is -2.15. The third-order valence-electron chi connectivity index (χ3n) is 3.43. The van der Waals surface area contributed by atoms with E-state index in [1.807, 2.05) is 20.8 Å². The number of aryl methyl sites for hydroxylation is 4. The molecule has 0 atom stereocenters. The number of oxazole rings is 1. The van der Waals surface area contributed by atoms with Crippen molar-refractivity contribution in [2.45, 2.75) is 38.6 Å². The molecule has 3 aromatic rings. The molecule has 0 aliphatic rings. The van der Waals surface area contributed by atoms with Crippen molar-refractivity contribution in [1.82, 2.24) is 25.2 Å². The lowest BCUT2D eigenvalue weighted by Crippen LogP contribution is -2.02. The molecule has 6 nitrogen and oxygen atoms in total. The van der Waals surface area contributed by atoms with Crippen LogP contribution in [0.25, 0.3) is 5.69 Å². The van der Waals surface area contributed by atoms with E-state index in [-0.39, 0.29) is 0 Å². The van der Waals surface area contributed by atoms with Crippen molar-refractivity contribution in [3.8, 4) is 5.69 Å². The molecule has 2 heterocycles. The van der Waals surface area contributed by atoms with E-state index in [0.717, 1.165) is 27.9 Å². The summed E-state index contributed by atoms with van der Waals surface area (Å²) < 4.78 is 7.35. The van der Waals surface area contributed by atoms with Crippen molar-refractivity contribution in [2.24, 2.45) is 0 Å². The van der Waals surface area contributed by atoms with Gasteiger partial charge in [0, 0.05) is 0 Å². The van der Waals surface area contributed by atoms with Crippen molar-refractivity contribution in [1.29, 1.82) is 0 Å². The summed E-state index contributed by atoms with van der Waals surface area (Å²) in [6.07, 6.45) is 0. The minimum absolute atomic E-state index is 0.597.